The third-order valence-corrected chi connectivity index (χ3v) is 2.70. The zero-order valence-corrected chi connectivity index (χ0v) is 11.4. The molecule has 6 nitrogen and oxygen atoms in total. The van der Waals surface area contributed by atoms with Crippen molar-refractivity contribution < 1.29 is 28.7 Å². The minimum Gasteiger partial charge on any atom is -0.326 e. The molecule has 0 saturated carbocycles. The molecular formula is C8H22O6P2. The molecule has 0 aliphatic heterocycles. The van der Waals surface area contributed by atoms with Crippen LogP contribution in [0.3, 0.4) is 0 Å². The molecule has 0 fully saturated rings. The minimum atomic E-state index is -3.72. The van der Waals surface area contributed by atoms with Gasteiger partial charge in [0.25, 0.3) is 0 Å². The van der Waals surface area contributed by atoms with Crippen molar-refractivity contribution in [2.45, 2.75) is 45.4 Å². The van der Waals surface area contributed by atoms with Gasteiger partial charge in [-0.2, -0.15) is 0 Å². The van der Waals surface area contributed by atoms with Crippen LogP contribution in [0.25, 0.3) is 0 Å². The highest BCUT2D eigenvalue weighted by molar-refractivity contribution is 7.51. The molecule has 0 unspecified atom stereocenters. The lowest BCUT2D eigenvalue weighted by atomic mass is 10.1. The van der Waals surface area contributed by atoms with E-state index < -0.39 is 15.9 Å². The Morgan fingerprint density at radius 3 is 1.75 bits per heavy atom. The molecule has 0 aliphatic carbocycles. The highest BCUT2D eigenvalue weighted by atomic mass is 31.2. The summed E-state index contributed by atoms with van der Waals surface area (Å²) in [6.45, 7) is 2.15. The van der Waals surface area contributed by atoms with Crippen molar-refractivity contribution in [3.8, 4) is 0 Å². The number of unbranched alkanes of at least 4 members (excludes halogenated alkanes) is 5. The lowest BCUT2D eigenvalue weighted by molar-refractivity contribution is 0.370. The van der Waals surface area contributed by atoms with Crippen LogP contribution in [-0.4, -0.2) is 25.7 Å². The fourth-order valence-corrected chi connectivity index (χ4v) is 1.73. The Labute approximate surface area is 96.8 Å². The van der Waals surface area contributed by atoms with Crippen molar-refractivity contribution in [2.75, 3.05) is 6.16 Å². The van der Waals surface area contributed by atoms with Crippen LogP contribution in [0, 0.1) is 0 Å². The summed E-state index contributed by atoms with van der Waals surface area (Å²) in [5.41, 5.74) is 0. The zero-order valence-electron chi connectivity index (χ0n) is 9.50. The van der Waals surface area contributed by atoms with Gasteiger partial charge in [0.1, 0.15) is 0 Å². The molecule has 0 amide bonds. The Morgan fingerprint density at radius 1 is 1.00 bits per heavy atom. The van der Waals surface area contributed by atoms with Gasteiger partial charge in [0.05, 0.1) is 0 Å². The Morgan fingerprint density at radius 2 is 1.38 bits per heavy atom. The van der Waals surface area contributed by atoms with Crippen molar-refractivity contribution in [3.63, 3.8) is 0 Å². The minimum absolute atomic E-state index is 0.0547. The van der Waals surface area contributed by atoms with E-state index in [9.17, 15) is 4.57 Å². The summed E-state index contributed by atoms with van der Waals surface area (Å²) < 4.78 is 19.2. The fourth-order valence-electron chi connectivity index (χ4n) is 1.10. The van der Waals surface area contributed by atoms with E-state index in [1.165, 1.54) is 19.3 Å². The summed E-state index contributed by atoms with van der Waals surface area (Å²) in [6, 6.07) is 0. The average Bonchev–Trinajstić information content (AvgIpc) is 2.08. The molecule has 0 saturated heterocycles. The predicted molar refractivity (Wildman–Crippen MR) is 63.7 cm³/mol. The average molecular weight is 276 g/mol. The van der Waals surface area contributed by atoms with Crippen molar-refractivity contribution >= 4 is 15.9 Å². The third-order valence-electron chi connectivity index (χ3n) is 1.80. The SMILES string of the molecule is CCCCCCCCP(=O)(O)O.O=[PH](O)O. The van der Waals surface area contributed by atoms with Crippen LogP contribution in [0.5, 0.6) is 0 Å². The van der Waals surface area contributed by atoms with Crippen LogP contribution in [0.4, 0.5) is 0 Å². The molecule has 0 spiro atoms. The first-order valence-electron chi connectivity index (χ1n) is 5.26. The summed E-state index contributed by atoms with van der Waals surface area (Å²) in [5, 5.41) is 0. The van der Waals surface area contributed by atoms with Gasteiger partial charge in [-0.05, 0) is 6.42 Å². The topological polar surface area (TPSA) is 115 Å². The van der Waals surface area contributed by atoms with Gasteiger partial charge in [0.15, 0.2) is 0 Å². The van der Waals surface area contributed by atoms with Gasteiger partial charge in [-0.15, -0.1) is 0 Å². The quantitative estimate of drug-likeness (QED) is 0.417. The van der Waals surface area contributed by atoms with Gasteiger partial charge in [-0.25, -0.2) is 0 Å². The second kappa shape index (κ2) is 11.8. The molecule has 0 atom stereocenters. The Bertz CT molecular complexity index is 211. The molecule has 0 aromatic rings. The molecule has 0 heterocycles. The largest absolute Gasteiger partial charge is 0.326 e. The van der Waals surface area contributed by atoms with Crippen LogP contribution < -0.4 is 0 Å². The van der Waals surface area contributed by atoms with Gasteiger partial charge < -0.3 is 19.6 Å². The molecule has 0 aromatic carbocycles. The summed E-state index contributed by atoms with van der Waals surface area (Å²) in [6.07, 6.45) is 6.40. The summed E-state index contributed by atoms with van der Waals surface area (Å²) >= 11 is 0. The zero-order chi connectivity index (χ0) is 13.0. The Kier molecular flexibility index (Phi) is 13.7. The monoisotopic (exact) mass is 276 g/mol. The van der Waals surface area contributed by atoms with E-state index in [2.05, 4.69) is 6.92 Å². The van der Waals surface area contributed by atoms with Crippen molar-refractivity contribution in [3.05, 3.63) is 0 Å². The highest BCUT2D eigenvalue weighted by Gasteiger charge is 2.10. The van der Waals surface area contributed by atoms with E-state index >= 15 is 0 Å². The van der Waals surface area contributed by atoms with E-state index in [4.69, 9.17) is 24.1 Å². The second-order valence-corrected chi connectivity index (χ2v) is 5.78. The lowest BCUT2D eigenvalue weighted by Gasteiger charge is -2.02. The van der Waals surface area contributed by atoms with E-state index in [1.54, 1.807) is 0 Å². The Hall–Kier alpha value is 0.300. The summed E-state index contributed by atoms with van der Waals surface area (Å²) in [7, 11) is -6.85. The highest BCUT2D eigenvalue weighted by Crippen LogP contribution is 2.35. The van der Waals surface area contributed by atoms with Crippen LogP contribution in [0.2, 0.25) is 0 Å². The van der Waals surface area contributed by atoms with Crippen molar-refractivity contribution in [2.24, 2.45) is 0 Å². The standard InChI is InChI=1S/C8H19O3P.H3O3P/c1-2-3-4-5-6-7-8-12(9,10)11;1-4(2)3/h2-8H2,1H3,(H2,9,10,11);4H,(H2,1,2,3). The van der Waals surface area contributed by atoms with E-state index in [1.807, 2.05) is 0 Å². The molecule has 100 valence electrons. The molecule has 0 rings (SSSR count). The second-order valence-electron chi connectivity index (χ2n) is 3.44. The molecule has 16 heavy (non-hydrogen) atoms. The predicted octanol–water partition coefficient (Wildman–Crippen LogP) is 1.89. The van der Waals surface area contributed by atoms with Crippen LogP contribution >= 0.6 is 15.9 Å². The lowest BCUT2D eigenvalue weighted by Crippen LogP contribution is -1.88. The molecule has 4 N–H and O–H groups in total. The normalized spacial score (nSPS) is 11.1. The van der Waals surface area contributed by atoms with Crippen LogP contribution in [0.15, 0.2) is 0 Å². The maximum atomic E-state index is 10.4. The van der Waals surface area contributed by atoms with E-state index in [0.29, 0.717) is 6.42 Å². The van der Waals surface area contributed by atoms with Gasteiger partial charge in [0, 0.05) is 6.16 Å². The summed E-state index contributed by atoms with van der Waals surface area (Å²) in [5.74, 6) is 0. The van der Waals surface area contributed by atoms with Gasteiger partial charge >= 0.3 is 15.9 Å². The van der Waals surface area contributed by atoms with Crippen LogP contribution in [-0.2, 0) is 9.13 Å². The van der Waals surface area contributed by atoms with E-state index in [0.717, 1.165) is 12.8 Å². The first-order valence-corrected chi connectivity index (χ1v) is 8.36. The van der Waals surface area contributed by atoms with Gasteiger partial charge in [0.2, 0.25) is 0 Å². The fraction of sp³-hybridized carbons (Fsp3) is 1.00. The molecule has 8 heteroatoms. The smallest absolute Gasteiger partial charge is 0.325 e. The van der Waals surface area contributed by atoms with Crippen molar-refractivity contribution in [1.29, 1.82) is 0 Å². The summed E-state index contributed by atoms with van der Waals surface area (Å²) in [4.78, 5) is 31.4. The van der Waals surface area contributed by atoms with Gasteiger partial charge in [-0.1, -0.05) is 39.0 Å². The first-order chi connectivity index (χ1) is 7.29. The number of hydrogen-bond donors (Lipinski definition) is 4. The maximum Gasteiger partial charge on any atom is 0.325 e. The third kappa shape index (κ3) is 29.2. The molecule has 0 radical (unpaired) electrons. The number of rotatable bonds is 7. The molecule has 0 aliphatic rings. The maximum absolute atomic E-state index is 10.4. The molecule has 0 aromatic heterocycles. The van der Waals surface area contributed by atoms with Crippen LogP contribution in [0.1, 0.15) is 45.4 Å². The van der Waals surface area contributed by atoms with E-state index in [-0.39, 0.29) is 6.16 Å². The molecular weight excluding hydrogens is 254 g/mol. The molecule has 0 bridgehead atoms. The first kappa shape index (κ1) is 18.7. The van der Waals surface area contributed by atoms with Crippen molar-refractivity contribution in [1.82, 2.24) is 0 Å². The Balaban J connectivity index is 0. The van der Waals surface area contributed by atoms with Gasteiger partial charge in [-0.3, -0.25) is 9.13 Å². The number of hydrogen-bond acceptors (Lipinski definition) is 2.